The van der Waals surface area contributed by atoms with E-state index in [2.05, 4.69) is 44.4 Å². The van der Waals surface area contributed by atoms with Gasteiger partial charge in [0.25, 0.3) is 0 Å². The Morgan fingerprint density at radius 3 is 2.28 bits per heavy atom. The molecule has 0 heterocycles. The molecule has 3 N–H and O–H groups in total. The first-order chi connectivity index (χ1) is 8.57. The van der Waals surface area contributed by atoms with Crippen molar-refractivity contribution in [2.45, 2.75) is 58.9 Å². The standard InChI is InChI=1S/C16H26N2/c1-12-7-6-8-13(2)14(12)11-15(18-17)16(3)9-4-5-10-16/h6-8,15,18H,4-5,9-11,17H2,1-3H3. The highest BCUT2D eigenvalue weighted by atomic mass is 15.2. The molecule has 2 nitrogen and oxygen atoms in total. The highest BCUT2D eigenvalue weighted by Crippen LogP contribution is 2.41. The van der Waals surface area contributed by atoms with Crippen molar-refractivity contribution in [1.29, 1.82) is 0 Å². The summed E-state index contributed by atoms with van der Waals surface area (Å²) in [5.74, 6) is 5.84. The molecule has 0 aromatic heterocycles. The molecule has 2 rings (SSSR count). The zero-order valence-corrected chi connectivity index (χ0v) is 11.9. The van der Waals surface area contributed by atoms with E-state index >= 15 is 0 Å². The van der Waals surface area contributed by atoms with Crippen LogP contribution in [-0.2, 0) is 6.42 Å². The predicted molar refractivity (Wildman–Crippen MR) is 77.3 cm³/mol. The molecule has 1 aliphatic carbocycles. The Labute approximate surface area is 111 Å². The third-order valence-electron chi connectivity index (χ3n) is 4.84. The monoisotopic (exact) mass is 246 g/mol. The molecule has 0 aliphatic heterocycles. The summed E-state index contributed by atoms with van der Waals surface area (Å²) in [5.41, 5.74) is 7.69. The summed E-state index contributed by atoms with van der Waals surface area (Å²) < 4.78 is 0. The van der Waals surface area contributed by atoms with Gasteiger partial charge < -0.3 is 0 Å². The lowest BCUT2D eigenvalue weighted by Gasteiger charge is -2.34. The van der Waals surface area contributed by atoms with Crippen LogP contribution in [0.25, 0.3) is 0 Å². The van der Waals surface area contributed by atoms with Gasteiger partial charge in [-0.25, -0.2) is 0 Å². The molecule has 100 valence electrons. The number of hydrazine groups is 1. The highest BCUT2D eigenvalue weighted by molar-refractivity contribution is 5.34. The zero-order chi connectivity index (χ0) is 13.2. The third-order valence-corrected chi connectivity index (χ3v) is 4.84. The van der Waals surface area contributed by atoms with Gasteiger partial charge in [-0.1, -0.05) is 38.0 Å². The van der Waals surface area contributed by atoms with E-state index < -0.39 is 0 Å². The van der Waals surface area contributed by atoms with Gasteiger partial charge in [-0.15, -0.1) is 0 Å². The van der Waals surface area contributed by atoms with Crippen LogP contribution in [0.2, 0.25) is 0 Å². The molecule has 0 bridgehead atoms. The number of rotatable bonds is 4. The summed E-state index contributed by atoms with van der Waals surface area (Å²) >= 11 is 0. The van der Waals surface area contributed by atoms with E-state index in [1.54, 1.807) is 0 Å². The van der Waals surface area contributed by atoms with Crippen LogP contribution in [0.3, 0.4) is 0 Å². The van der Waals surface area contributed by atoms with Gasteiger partial charge >= 0.3 is 0 Å². The van der Waals surface area contributed by atoms with Crippen molar-refractivity contribution in [3.63, 3.8) is 0 Å². The number of nitrogens with two attached hydrogens (primary N) is 1. The Hall–Kier alpha value is -0.860. The second-order valence-electron chi connectivity index (χ2n) is 6.15. The van der Waals surface area contributed by atoms with Crippen LogP contribution >= 0.6 is 0 Å². The van der Waals surface area contributed by atoms with Gasteiger partial charge in [0.15, 0.2) is 0 Å². The van der Waals surface area contributed by atoms with Crippen molar-refractivity contribution in [3.05, 3.63) is 34.9 Å². The van der Waals surface area contributed by atoms with Crippen molar-refractivity contribution >= 4 is 0 Å². The van der Waals surface area contributed by atoms with Crippen LogP contribution < -0.4 is 11.3 Å². The molecule has 1 aliphatic rings. The molecule has 1 atom stereocenters. The molecular formula is C16H26N2. The molecule has 1 aromatic rings. The van der Waals surface area contributed by atoms with Crippen LogP contribution in [0, 0.1) is 19.3 Å². The minimum Gasteiger partial charge on any atom is -0.271 e. The first-order valence-corrected chi connectivity index (χ1v) is 7.08. The first-order valence-electron chi connectivity index (χ1n) is 7.08. The zero-order valence-electron chi connectivity index (χ0n) is 11.9. The van der Waals surface area contributed by atoms with E-state index in [4.69, 9.17) is 5.84 Å². The van der Waals surface area contributed by atoms with E-state index in [0.717, 1.165) is 6.42 Å². The summed E-state index contributed by atoms with van der Waals surface area (Å²) in [5, 5.41) is 0. The lowest BCUT2D eigenvalue weighted by molar-refractivity contribution is 0.220. The summed E-state index contributed by atoms with van der Waals surface area (Å²) in [4.78, 5) is 0. The quantitative estimate of drug-likeness (QED) is 0.632. The van der Waals surface area contributed by atoms with Crippen LogP contribution in [0.1, 0.15) is 49.3 Å². The maximum absolute atomic E-state index is 5.84. The predicted octanol–water partition coefficient (Wildman–Crippen LogP) is 3.26. The molecule has 1 fully saturated rings. The summed E-state index contributed by atoms with van der Waals surface area (Å²) in [7, 11) is 0. The minimum absolute atomic E-state index is 0.365. The molecule has 0 amide bonds. The Bertz CT molecular complexity index is 385. The SMILES string of the molecule is Cc1cccc(C)c1CC(NN)C1(C)CCCC1. The molecule has 1 aromatic carbocycles. The maximum atomic E-state index is 5.84. The third kappa shape index (κ3) is 2.60. The molecule has 1 saturated carbocycles. The number of benzene rings is 1. The molecule has 0 spiro atoms. The fourth-order valence-corrected chi connectivity index (χ4v) is 3.41. The Kier molecular flexibility index (Phi) is 4.08. The van der Waals surface area contributed by atoms with Gasteiger partial charge in [-0.05, 0) is 55.2 Å². The topological polar surface area (TPSA) is 38.0 Å². The molecule has 0 radical (unpaired) electrons. The fourth-order valence-electron chi connectivity index (χ4n) is 3.41. The lowest BCUT2D eigenvalue weighted by atomic mass is 9.77. The van der Waals surface area contributed by atoms with Gasteiger partial charge in [0, 0.05) is 6.04 Å². The molecule has 0 saturated heterocycles. The van der Waals surface area contributed by atoms with Crippen LogP contribution in [0.5, 0.6) is 0 Å². The summed E-state index contributed by atoms with van der Waals surface area (Å²) in [6.07, 6.45) is 6.34. The van der Waals surface area contributed by atoms with Crippen molar-refractivity contribution in [3.8, 4) is 0 Å². The second kappa shape index (κ2) is 5.41. The number of hydrogen-bond acceptors (Lipinski definition) is 2. The van der Waals surface area contributed by atoms with Gasteiger partial charge in [0.1, 0.15) is 0 Å². The Morgan fingerprint density at radius 2 is 1.78 bits per heavy atom. The van der Waals surface area contributed by atoms with E-state index in [1.165, 1.54) is 42.4 Å². The molecule has 2 heteroatoms. The normalized spacial score (nSPS) is 20.0. The number of hydrogen-bond donors (Lipinski definition) is 2. The Balaban J connectivity index is 2.20. The smallest absolute Gasteiger partial charge is 0.0304 e. The van der Waals surface area contributed by atoms with Crippen LogP contribution in [0.4, 0.5) is 0 Å². The average Bonchev–Trinajstić information content (AvgIpc) is 2.77. The Morgan fingerprint density at radius 1 is 1.22 bits per heavy atom. The van der Waals surface area contributed by atoms with E-state index in [0.29, 0.717) is 11.5 Å². The largest absolute Gasteiger partial charge is 0.271 e. The van der Waals surface area contributed by atoms with E-state index in [9.17, 15) is 0 Å². The minimum atomic E-state index is 0.365. The van der Waals surface area contributed by atoms with E-state index in [-0.39, 0.29) is 0 Å². The maximum Gasteiger partial charge on any atom is 0.0304 e. The van der Waals surface area contributed by atoms with Crippen molar-refractivity contribution < 1.29 is 0 Å². The summed E-state index contributed by atoms with van der Waals surface area (Å²) in [6.45, 7) is 6.79. The average molecular weight is 246 g/mol. The molecule has 1 unspecified atom stereocenters. The van der Waals surface area contributed by atoms with Gasteiger partial charge in [0.05, 0.1) is 0 Å². The van der Waals surface area contributed by atoms with Crippen molar-refractivity contribution in [2.75, 3.05) is 0 Å². The lowest BCUT2D eigenvalue weighted by Crippen LogP contribution is -2.47. The number of nitrogens with one attached hydrogen (secondary N) is 1. The molecule has 18 heavy (non-hydrogen) atoms. The highest BCUT2D eigenvalue weighted by Gasteiger charge is 2.36. The van der Waals surface area contributed by atoms with Gasteiger partial charge in [-0.2, -0.15) is 0 Å². The second-order valence-corrected chi connectivity index (χ2v) is 6.15. The van der Waals surface area contributed by atoms with Gasteiger partial charge in [-0.3, -0.25) is 11.3 Å². The van der Waals surface area contributed by atoms with Crippen molar-refractivity contribution in [1.82, 2.24) is 5.43 Å². The van der Waals surface area contributed by atoms with Gasteiger partial charge in [0.2, 0.25) is 0 Å². The van der Waals surface area contributed by atoms with E-state index in [1.807, 2.05) is 0 Å². The molecular weight excluding hydrogens is 220 g/mol. The van der Waals surface area contributed by atoms with Crippen LogP contribution in [-0.4, -0.2) is 6.04 Å². The van der Waals surface area contributed by atoms with Crippen molar-refractivity contribution in [2.24, 2.45) is 11.3 Å². The summed E-state index contributed by atoms with van der Waals surface area (Å²) in [6, 6.07) is 6.93. The fraction of sp³-hybridized carbons (Fsp3) is 0.625. The van der Waals surface area contributed by atoms with Crippen LogP contribution in [0.15, 0.2) is 18.2 Å². The first kappa shape index (κ1) is 13.6. The number of aryl methyl sites for hydroxylation is 2.